The number of amides is 1. The summed E-state index contributed by atoms with van der Waals surface area (Å²) in [6, 6.07) is 6.62. The molecule has 102 valence electrons. The number of rotatable bonds is 3. The third-order valence-corrected chi connectivity index (χ3v) is 4.54. The molecule has 0 aromatic heterocycles. The maximum Gasteiger partial charge on any atom is 0.329 e. The van der Waals surface area contributed by atoms with E-state index in [2.05, 4.69) is 5.32 Å². The van der Waals surface area contributed by atoms with Crippen LogP contribution in [0.15, 0.2) is 24.3 Å². The second-order valence-corrected chi connectivity index (χ2v) is 6.07. The normalized spacial score (nSPS) is 17.7. The molecule has 1 heterocycles. The van der Waals surface area contributed by atoms with Gasteiger partial charge in [-0.05, 0) is 36.5 Å². The molecule has 1 fully saturated rings. The molecule has 0 bridgehead atoms. The average molecular weight is 300 g/mol. The van der Waals surface area contributed by atoms with Gasteiger partial charge < -0.3 is 10.4 Å². The summed E-state index contributed by atoms with van der Waals surface area (Å²) in [5.74, 6) is 0.0533. The average Bonchev–Trinajstić information content (AvgIpc) is 2.40. The Bertz CT molecular complexity index is 500. The Morgan fingerprint density at radius 3 is 2.47 bits per heavy atom. The monoisotopic (exact) mass is 299 g/mol. The molecule has 0 atom stereocenters. The molecule has 0 aliphatic carbocycles. The Hall–Kier alpha value is -1.20. The molecule has 0 saturated carbocycles. The van der Waals surface area contributed by atoms with Gasteiger partial charge in [-0.1, -0.05) is 23.7 Å². The largest absolute Gasteiger partial charge is 0.480 e. The maximum absolute atomic E-state index is 12.2. The number of carboxylic acid groups (broad SMARTS) is 1. The number of aliphatic carboxylic acids is 1. The molecule has 0 radical (unpaired) electrons. The van der Waals surface area contributed by atoms with Crippen LogP contribution in [0.4, 0.5) is 0 Å². The lowest BCUT2D eigenvalue weighted by atomic mass is 9.92. The Morgan fingerprint density at radius 1 is 1.26 bits per heavy atom. The van der Waals surface area contributed by atoms with Crippen LogP contribution in [0.5, 0.6) is 0 Å². The van der Waals surface area contributed by atoms with Gasteiger partial charge in [0.05, 0.1) is 10.6 Å². The molecule has 1 aromatic carbocycles. The highest BCUT2D eigenvalue weighted by molar-refractivity contribution is 7.99. The van der Waals surface area contributed by atoms with E-state index >= 15 is 0 Å². The SMILES string of the molecule is O=C(NC1(C(=O)O)CCSCC1)c1ccccc1Cl. The van der Waals surface area contributed by atoms with Crippen LogP contribution in [0.1, 0.15) is 23.2 Å². The van der Waals surface area contributed by atoms with Crippen molar-refractivity contribution in [1.29, 1.82) is 0 Å². The Morgan fingerprint density at radius 2 is 1.89 bits per heavy atom. The van der Waals surface area contributed by atoms with Gasteiger partial charge in [-0.3, -0.25) is 4.79 Å². The molecule has 6 heteroatoms. The van der Waals surface area contributed by atoms with E-state index in [-0.39, 0.29) is 0 Å². The predicted octanol–water partition coefficient (Wildman–Crippen LogP) is 2.42. The van der Waals surface area contributed by atoms with Crippen molar-refractivity contribution in [3.8, 4) is 0 Å². The van der Waals surface area contributed by atoms with Crippen molar-refractivity contribution in [2.75, 3.05) is 11.5 Å². The van der Waals surface area contributed by atoms with E-state index in [4.69, 9.17) is 11.6 Å². The summed E-state index contributed by atoms with van der Waals surface area (Å²) in [7, 11) is 0. The molecular weight excluding hydrogens is 286 g/mol. The van der Waals surface area contributed by atoms with Crippen molar-refractivity contribution in [1.82, 2.24) is 5.32 Å². The minimum absolute atomic E-state index is 0.308. The van der Waals surface area contributed by atoms with Crippen LogP contribution < -0.4 is 5.32 Å². The van der Waals surface area contributed by atoms with E-state index in [1.165, 1.54) is 0 Å². The van der Waals surface area contributed by atoms with Crippen LogP contribution in [0.3, 0.4) is 0 Å². The molecule has 1 aliphatic heterocycles. The van der Waals surface area contributed by atoms with Crippen molar-refractivity contribution < 1.29 is 14.7 Å². The molecule has 4 nitrogen and oxygen atoms in total. The van der Waals surface area contributed by atoms with Crippen molar-refractivity contribution in [3.63, 3.8) is 0 Å². The second kappa shape index (κ2) is 5.84. The first-order valence-corrected chi connectivity index (χ1v) is 7.47. The summed E-state index contributed by atoms with van der Waals surface area (Å²) in [6.45, 7) is 0. The number of carboxylic acids is 1. The van der Waals surface area contributed by atoms with Crippen molar-refractivity contribution >= 4 is 35.2 Å². The summed E-state index contributed by atoms with van der Waals surface area (Å²) in [5.41, 5.74) is -0.857. The van der Waals surface area contributed by atoms with Gasteiger partial charge in [0.1, 0.15) is 5.54 Å². The zero-order valence-electron chi connectivity index (χ0n) is 10.2. The first-order chi connectivity index (χ1) is 9.05. The minimum Gasteiger partial charge on any atom is -0.480 e. The predicted molar refractivity (Wildman–Crippen MR) is 75.8 cm³/mol. The lowest BCUT2D eigenvalue weighted by Crippen LogP contribution is -2.56. The lowest BCUT2D eigenvalue weighted by molar-refractivity contribution is -0.144. The molecule has 2 rings (SSSR count). The highest BCUT2D eigenvalue weighted by atomic mass is 35.5. The fraction of sp³-hybridized carbons (Fsp3) is 0.385. The highest BCUT2D eigenvalue weighted by Crippen LogP contribution is 2.28. The van der Waals surface area contributed by atoms with Crippen LogP contribution in [0.2, 0.25) is 5.02 Å². The van der Waals surface area contributed by atoms with Gasteiger partial charge in [-0.15, -0.1) is 0 Å². The van der Waals surface area contributed by atoms with E-state index in [0.717, 1.165) is 11.5 Å². The molecule has 1 amide bonds. The molecule has 0 unspecified atom stereocenters. The van der Waals surface area contributed by atoms with Gasteiger partial charge in [0, 0.05) is 0 Å². The molecule has 2 N–H and O–H groups in total. The second-order valence-electron chi connectivity index (χ2n) is 4.43. The summed E-state index contributed by atoms with van der Waals surface area (Å²) < 4.78 is 0. The molecule has 1 aliphatic rings. The number of thioether (sulfide) groups is 1. The summed E-state index contributed by atoms with van der Waals surface area (Å²) in [6.07, 6.45) is 0.867. The number of hydrogen-bond acceptors (Lipinski definition) is 3. The standard InChI is InChI=1S/C13H14ClNO3S/c14-10-4-2-1-3-9(10)11(16)15-13(12(17)18)5-7-19-8-6-13/h1-4H,5-8H2,(H,15,16)(H,17,18). The third kappa shape index (κ3) is 3.04. The topological polar surface area (TPSA) is 66.4 Å². The van der Waals surface area contributed by atoms with Crippen LogP contribution in [0, 0.1) is 0 Å². The van der Waals surface area contributed by atoms with Gasteiger partial charge in [0.25, 0.3) is 5.91 Å². The number of benzene rings is 1. The number of hydrogen-bond donors (Lipinski definition) is 2. The number of carbonyl (C=O) groups is 2. The Balaban J connectivity index is 2.20. The van der Waals surface area contributed by atoms with Crippen LogP contribution in [-0.2, 0) is 4.79 Å². The molecule has 0 spiro atoms. The van der Waals surface area contributed by atoms with Gasteiger partial charge >= 0.3 is 5.97 Å². The Kier molecular flexibility index (Phi) is 4.37. The zero-order chi connectivity index (χ0) is 13.9. The smallest absolute Gasteiger partial charge is 0.329 e. The van der Waals surface area contributed by atoms with Gasteiger partial charge in [0.15, 0.2) is 0 Å². The van der Waals surface area contributed by atoms with E-state index in [1.807, 2.05) is 0 Å². The molecule has 19 heavy (non-hydrogen) atoms. The van der Waals surface area contributed by atoms with Crippen LogP contribution >= 0.6 is 23.4 Å². The van der Waals surface area contributed by atoms with Crippen LogP contribution in [-0.4, -0.2) is 34.0 Å². The fourth-order valence-corrected chi connectivity index (χ4v) is 3.45. The van der Waals surface area contributed by atoms with E-state index < -0.39 is 17.4 Å². The van der Waals surface area contributed by atoms with Crippen molar-refractivity contribution in [2.24, 2.45) is 0 Å². The highest BCUT2D eigenvalue weighted by Gasteiger charge is 2.41. The number of carbonyl (C=O) groups excluding carboxylic acids is 1. The van der Waals surface area contributed by atoms with Crippen LogP contribution in [0.25, 0.3) is 0 Å². The fourth-order valence-electron chi connectivity index (χ4n) is 2.04. The zero-order valence-corrected chi connectivity index (χ0v) is 11.8. The van der Waals surface area contributed by atoms with E-state index in [1.54, 1.807) is 36.0 Å². The van der Waals surface area contributed by atoms with Crippen molar-refractivity contribution in [2.45, 2.75) is 18.4 Å². The molecule has 1 saturated heterocycles. The first kappa shape index (κ1) is 14.2. The van der Waals surface area contributed by atoms with Crippen molar-refractivity contribution in [3.05, 3.63) is 34.9 Å². The van der Waals surface area contributed by atoms with Gasteiger partial charge in [-0.2, -0.15) is 11.8 Å². The molecule has 1 aromatic rings. The first-order valence-electron chi connectivity index (χ1n) is 5.93. The maximum atomic E-state index is 12.2. The summed E-state index contributed by atoms with van der Waals surface area (Å²) in [5, 5.41) is 12.4. The number of halogens is 1. The number of nitrogens with one attached hydrogen (secondary N) is 1. The Labute approximate surface area is 120 Å². The lowest BCUT2D eigenvalue weighted by Gasteiger charge is -2.33. The van der Waals surface area contributed by atoms with Gasteiger partial charge in [-0.25, -0.2) is 4.79 Å². The molecular formula is C13H14ClNO3S. The summed E-state index contributed by atoms with van der Waals surface area (Å²) >= 11 is 7.65. The minimum atomic E-state index is -1.17. The third-order valence-electron chi connectivity index (χ3n) is 3.23. The quantitative estimate of drug-likeness (QED) is 0.899. The van der Waals surface area contributed by atoms with Gasteiger partial charge in [0.2, 0.25) is 0 Å². The van der Waals surface area contributed by atoms with E-state index in [0.29, 0.717) is 23.4 Å². The van der Waals surface area contributed by atoms with E-state index in [9.17, 15) is 14.7 Å². The summed E-state index contributed by atoms with van der Waals surface area (Å²) in [4.78, 5) is 23.6.